The minimum atomic E-state index is 0.836. The Morgan fingerprint density at radius 1 is 1.44 bits per heavy atom. The molecule has 2 heteroatoms. The van der Waals surface area contributed by atoms with Gasteiger partial charge in [-0.1, -0.05) is 12.8 Å². The Morgan fingerprint density at radius 2 is 2.00 bits per heavy atom. The SMILES string of the molecule is CN(CS)C1CCCC1. The lowest BCUT2D eigenvalue weighted by Crippen LogP contribution is -2.27. The number of thiol groups is 1. The molecule has 0 N–H and O–H groups in total. The molecule has 0 saturated heterocycles. The van der Waals surface area contributed by atoms with E-state index >= 15 is 0 Å². The Hall–Kier alpha value is 0.310. The predicted molar refractivity (Wildman–Crippen MR) is 43.9 cm³/mol. The molecule has 0 aromatic rings. The average molecular weight is 145 g/mol. The van der Waals surface area contributed by atoms with Crippen molar-refractivity contribution in [2.45, 2.75) is 31.7 Å². The minimum Gasteiger partial charge on any atom is -0.294 e. The fourth-order valence-electron chi connectivity index (χ4n) is 1.46. The first-order valence-electron chi connectivity index (χ1n) is 3.65. The van der Waals surface area contributed by atoms with Gasteiger partial charge in [0, 0.05) is 11.9 Å². The standard InChI is InChI=1S/C7H15NS/c1-8(6-9)7-4-2-3-5-7/h7,9H,2-6H2,1H3. The number of hydrogen-bond donors (Lipinski definition) is 1. The van der Waals surface area contributed by atoms with Crippen LogP contribution in [0.25, 0.3) is 0 Å². The van der Waals surface area contributed by atoms with Gasteiger partial charge in [-0.3, -0.25) is 4.90 Å². The molecule has 1 aliphatic rings. The molecule has 0 heterocycles. The third-order valence-electron chi connectivity index (χ3n) is 2.17. The maximum atomic E-state index is 4.22. The van der Waals surface area contributed by atoms with Gasteiger partial charge in [-0.25, -0.2) is 0 Å². The van der Waals surface area contributed by atoms with E-state index in [1.807, 2.05) is 0 Å². The molecule has 9 heavy (non-hydrogen) atoms. The fraction of sp³-hybridized carbons (Fsp3) is 1.00. The van der Waals surface area contributed by atoms with E-state index in [1.165, 1.54) is 25.7 Å². The molecular formula is C7H15NS. The van der Waals surface area contributed by atoms with Crippen molar-refractivity contribution >= 4 is 12.6 Å². The van der Waals surface area contributed by atoms with Crippen LogP contribution < -0.4 is 0 Å². The lowest BCUT2D eigenvalue weighted by molar-refractivity contribution is 0.288. The maximum absolute atomic E-state index is 4.22. The Morgan fingerprint density at radius 3 is 2.44 bits per heavy atom. The van der Waals surface area contributed by atoms with Gasteiger partial charge in [0.2, 0.25) is 0 Å². The zero-order chi connectivity index (χ0) is 6.69. The van der Waals surface area contributed by atoms with Crippen molar-refractivity contribution < 1.29 is 0 Å². The van der Waals surface area contributed by atoms with Gasteiger partial charge < -0.3 is 0 Å². The highest BCUT2D eigenvalue weighted by molar-refractivity contribution is 7.80. The molecule has 0 aliphatic heterocycles. The average Bonchev–Trinajstić information content (AvgIpc) is 2.37. The summed E-state index contributed by atoms with van der Waals surface area (Å²) in [6.07, 6.45) is 5.61. The normalized spacial score (nSPS) is 21.7. The van der Waals surface area contributed by atoms with Crippen LogP contribution >= 0.6 is 12.6 Å². The smallest absolute Gasteiger partial charge is 0.0414 e. The van der Waals surface area contributed by atoms with Crippen molar-refractivity contribution in [1.82, 2.24) is 4.90 Å². The van der Waals surface area contributed by atoms with Crippen LogP contribution in [-0.2, 0) is 0 Å². The first kappa shape index (κ1) is 7.42. The molecule has 1 fully saturated rings. The minimum absolute atomic E-state index is 0.836. The van der Waals surface area contributed by atoms with Crippen molar-refractivity contribution in [2.24, 2.45) is 0 Å². The molecule has 0 atom stereocenters. The first-order valence-corrected chi connectivity index (χ1v) is 4.29. The second kappa shape index (κ2) is 3.47. The van der Waals surface area contributed by atoms with E-state index in [0.717, 1.165) is 11.9 Å². The van der Waals surface area contributed by atoms with Gasteiger partial charge in [0.05, 0.1) is 0 Å². The van der Waals surface area contributed by atoms with Gasteiger partial charge in [0.25, 0.3) is 0 Å². The monoisotopic (exact) mass is 145 g/mol. The predicted octanol–water partition coefficient (Wildman–Crippen LogP) is 1.75. The maximum Gasteiger partial charge on any atom is 0.0414 e. The topological polar surface area (TPSA) is 3.24 Å². The molecule has 0 amide bonds. The van der Waals surface area contributed by atoms with Crippen molar-refractivity contribution in [1.29, 1.82) is 0 Å². The van der Waals surface area contributed by atoms with Crippen molar-refractivity contribution in [3.8, 4) is 0 Å². The number of hydrogen-bond acceptors (Lipinski definition) is 2. The van der Waals surface area contributed by atoms with E-state index in [4.69, 9.17) is 0 Å². The van der Waals surface area contributed by atoms with Crippen LogP contribution in [0.5, 0.6) is 0 Å². The molecule has 0 spiro atoms. The first-order chi connectivity index (χ1) is 4.34. The highest BCUT2D eigenvalue weighted by atomic mass is 32.1. The molecule has 0 aromatic heterocycles. The zero-order valence-electron chi connectivity index (χ0n) is 6.01. The summed E-state index contributed by atoms with van der Waals surface area (Å²) >= 11 is 4.22. The molecule has 1 nitrogen and oxygen atoms in total. The van der Waals surface area contributed by atoms with E-state index in [1.54, 1.807) is 0 Å². The van der Waals surface area contributed by atoms with Crippen LogP contribution in [0.2, 0.25) is 0 Å². The van der Waals surface area contributed by atoms with E-state index < -0.39 is 0 Å². The second-order valence-electron chi connectivity index (χ2n) is 2.84. The molecule has 54 valence electrons. The molecule has 1 rings (SSSR count). The van der Waals surface area contributed by atoms with E-state index in [-0.39, 0.29) is 0 Å². The third kappa shape index (κ3) is 1.87. The second-order valence-corrected chi connectivity index (χ2v) is 3.12. The van der Waals surface area contributed by atoms with Crippen molar-refractivity contribution in [3.05, 3.63) is 0 Å². The van der Waals surface area contributed by atoms with E-state index in [0.29, 0.717) is 0 Å². The van der Waals surface area contributed by atoms with Crippen LogP contribution in [0.1, 0.15) is 25.7 Å². The summed E-state index contributed by atoms with van der Waals surface area (Å²) in [5.74, 6) is 0.907. The Bertz CT molecular complexity index is 79.0. The van der Waals surface area contributed by atoms with Gasteiger partial charge in [-0.15, -0.1) is 0 Å². The van der Waals surface area contributed by atoms with Crippen LogP contribution in [0.3, 0.4) is 0 Å². The van der Waals surface area contributed by atoms with Gasteiger partial charge in [-0.2, -0.15) is 12.6 Å². The summed E-state index contributed by atoms with van der Waals surface area (Å²) in [5, 5.41) is 0. The van der Waals surface area contributed by atoms with Gasteiger partial charge in [-0.05, 0) is 19.9 Å². The van der Waals surface area contributed by atoms with E-state index in [2.05, 4.69) is 24.6 Å². The number of nitrogens with zero attached hydrogens (tertiary/aromatic N) is 1. The lowest BCUT2D eigenvalue weighted by atomic mass is 10.2. The van der Waals surface area contributed by atoms with Gasteiger partial charge >= 0.3 is 0 Å². The van der Waals surface area contributed by atoms with Crippen molar-refractivity contribution in [2.75, 3.05) is 12.9 Å². The summed E-state index contributed by atoms with van der Waals surface area (Å²) in [4.78, 5) is 2.33. The summed E-state index contributed by atoms with van der Waals surface area (Å²) in [5.41, 5.74) is 0. The van der Waals surface area contributed by atoms with Crippen LogP contribution in [-0.4, -0.2) is 23.9 Å². The largest absolute Gasteiger partial charge is 0.294 e. The van der Waals surface area contributed by atoms with Gasteiger partial charge in [0.15, 0.2) is 0 Å². The molecule has 0 radical (unpaired) electrons. The van der Waals surface area contributed by atoms with Crippen molar-refractivity contribution in [3.63, 3.8) is 0 Å². The quantitative estimate of drug-likeness (QED) is 0.457. The summed E-state index contributed by atoms with van der Waals surface area (Å²) in [6, 6.07) is 0.836. The highest BCUT2D eigenvalue weighted by Gasteiger charge is 2.17. The lowest BCUT2D eigenvalue weighted by Gasteiger charge is -2.20. The summed E-state index contributed by atoms with van der Waals surface area (Å²) < 4.78 is 0. The van der Waals surface area contributed by atoms with Crippen LogP contribution in [0.15, 0.2) is 0 Å². The van der Waals surface area contributed by atoms with Crippen LogP contribution in [0, 0.1) is 0 Å². The highest BCUT2D eigenvalue weighted by Crippen LogP contribution is 2.22. The Labute approximate surface area is 62.8 Å². The number of rotatable bonds is 2. The Balaban J connectivity index is 2.24. The molecule has 1 aliphatic carbocycles. The molecule has 0 bridgehead atoms. The van der Waals surface area contributed by atoms with Crippen LogP contribution in [0.4, 0.5) is 0 Å². The summed E-state index contributed by atoms with van der Waals surface area (Å²) in [6.45, 7) is 0. The molecule has 0 aromatic carbocycles. The molecule has 0 unspecified atom stereocenters. The van der Waals surface area contributed by atoms with E-state index in [9.17, 15) is 0 Å². The summed E-state index contributed by atoms with van der Waals surface area (Å²) in [7, 11) is 2.16. The fourth-order valence-corrected chi connectivity index (χ4v) is 1.69. The Kier molecular flexibility index (Phi) is 2.86. The zero-order valence-corrected chi connectivity index (χ0v) is 6.90. The third-order valence-corrected chi connectivity index (χ3v) is 2.62. The van der Waals surface area contributed by atoms with Gasteiger partial charge in [0.1, 0.15) is 0 Å². The molecular weight excluding hydrogens is 130 g/mol. The molecule has 1 saturated carbocycles.